The van der Waals surface area contributed by atoms with Crippen LogP contribution in [0.3, 0.4) is 0 Å². The number of amides is 1. The van der Waals surface area contributed by atoms with Crippen molar-refractivity contribution in [2.45, 2.75) is 53.1 Å². The van der Waals surface area contributed by atoms with Gasteiger partial charge in [-0.1, -0.05) is 32.0 Å². The number of nitrogens with one attached hydrogen (secondary N) is 2. The van der Waals surface area contributed by atoms with Crippen LogP contribution in [0.2, 0.25) is 0 Å². The van der Waals surface area contributed by atoms with Gasteiger partial charge in [-0.2, -0.15) is 0 Å². The van der Waals surface area contributed by atoms with Crippen molar-refractivity contribution in [2.75, 3.05) is 12.4 Å². The molecule has 1 aromatic carbocycles. The predicted octanol–water partition coefficient (Wildman–Crippen LogP) is 4.12. The highest BCUT2D eigenvalue weighted by Gasteiger charge is 2.26. The molecule has 0 radical (unpaired) electrons. The normalized spacial score (nSPS) is 12.8. The zero-order valence-corrected chi connectivity index (χ0v) is 17.7. The molecule has 0 spiro atoms. The lowest BCUT2D eigenvalue weighted by molar-refractivity contribution is -0.123. The zero-order chi connectivity index (χ0) is 21.7. The van der Waals surface area contributed by atoms with E-state index in [2.05, 4.69) is 24.1 Å². The van der Waals surface area contributed by atoms with E-state index >= 15 is 0 Å². The summed E-state index contributed by atoms with van der Waals surface area (Å²) in [5.74, 6) is -1.39. The Labute approximate surface area is 170 Å². The molecule has 2 aromatic rings. The van der Waals surface area contributed by atoms with E-state index in [0.717, 1.165) is 12.0 Å². The number of aromatic amines is 1. The molecule has 2 unspecified atom stereocenters. The number of carbonyl (C=O) groups is 3. The number of aromatic nitrogens is 1. The Hall–Kier alpha value is -3.09. The van der Waals surface area contributed by atoms with E-state index in [1.807, 2.05) is 24.3 Å². The van der Waals surface area contributed by atoms with Crippen molar-refractivity contribution in [2.24, 2.45) is 0 Å². The van der Waals surface area contributed by atoms with Gasteiger partial charge in [-0.25, -0.2) is 9.59 Å². The van der Waals surface area contributed by atoms with Gasteiger partial charge in [0.2, 0.25) is 0 Å². The quantitative estimate of drug-likeness (QED) is 0.682. The van der Waals surface area contributed by atoms with Crippen LogP contribution in [0.1, 0.15) is 70.8 Å². The molecule has 2 N–H and O–H groups in total. The molecule has 1 amide bonds. The van der Waals surface area contributed by atoms with Crippen molar-refractivity contribution in [1.82, 2.24) is 4.98 Å². The van der Waals surface area contributed by atoms with Crippen molar-refractivity contribution >= 4 is 23.5 Å². The Morgan fingerprint density at radius 3 is 2.38 bits per heavy atom. The van der Waals surface area contributed by atoms with E-state index in [0.29, 0.717) is 22.5 Å². The minimum absolute atomic E-state index is 0.127. The van der Waals surface area contributed by atoms with Crippen LogP contribution in [-0.2, 0) is 14.3 Å². The van der Waals surface area contributed by atoms with Gasteiger partial charge in [0, 0.05) is 11.4 Å². The second kappa shape index (κ2) is 9.41. The van der Waals surface area contributed by atoms with Crippen LogP contribution >= 0.6 is 0 Å². The molecule has 0 aliphatic carbocycles. The predicted molar refractivity (Wildman–Crippen MR) is 110 cm³/mol. The number of rotatable bonds is 7. The molecular formula is C22H28N2O5. The molecule has 7 heteroatoms. The lowest BCUT2D eigenvalue weighted by Crippen LogP contribution is -2.30. The van der Waals surface area contributed by atoms with E-state index in [4.69, 9.17) is 9.47 Å². The molecule has 7 nitrogen and oxygen atoms in total. The molecule has 156 valence electrons. The summed E-state index contributed by atoms with van der Waals surface area (Å²) in [5.41, 5.74) is 3.08. The Kier molecular flexibility index (Phi) is 7.20. The largest absolute Gasteiger partial charge is 0.465 e. The number of hydrogen-bond donors (Lipinski definition) is 2. The Morgan fingerprint density at radius 1 is 1.10 bits per heavy atom. The average molecular weight is 400 g/mol. The van der Waals surface area contributed by atoms with E-state index < -0.39 is 23.9 Å². The number of esters is 2. The second-order valence-electron chi connectivity index (χ2n) is 7.05. The molecule has 1 heterocycles. The molecule has 0 bridgehead atoms. The Morgan fingerprint density at radius 2 is 1.76 bits per heavy atom. The number of methoxy groups -OCH3 is 1. The number of hydrogen-bond acceptors (Lipinski definition) is 5. The fourth-order valence-electron chi connectivity index (χ4n) is 3.13. The van der Waals surface area contributed by atoms with Gasteiger partial charge < -0.3 is 19.8 Å². The highest BCUT2D eigenvalue weighted by molar-refractivity contribution is 6.00. The number of carbonyl (C=O) groups excluding carboxylic acids is 3. The average Bonchev–Trinajstić information content (AvgIpc) is 3.01. The first-order chi connectivity index (χ1) is 13.7. The number of para-hydroxylation sites is 1. The van der Waals surface area contributed by atoms with Crippen LogP contribution in [0.15, 0.2) is 24.3 Å². The number of benzene rings is 1. The van der Waals surface area contributed by atoms with Crippen molar-refractivity contribution in [3.63, 3.8) is 0 Å². The molecule has 29 heavy (non-hydrogen) atoms. The van der Waals surface area contributed by atoms with Crippen molar-refractivity contribution < 1.29 is 23.9 Å². The first-order valence-electron chi connectivity index (χ1n) is 9.59. The third kappa shape index (κ3) is 4.85. The topological polar surface area (TPSA) is 97.5 Å². The molecule has 0 aliphatic rings. The van der Waals surface area contributed by atoms with Gasteiger partial charge in [0.15, 0.2) is 6.10 Å². The van der Waals surface area contributed by atoms with Gasteiger partial charge in [0.25, 0.3) is 5.91 Å². The summed E-state index contributed by atoms with van der Waals surface area (Å²) >= 11 is 0. The van der Waals surface area contributed by atoms with Crippen molar-refractivity contribution in [3.05, 3.63) is 52.3 Å². The molecule has 2 rings (SSSR count). The van der Waals surface area contributed by atoms with E-state index in [-0.39, 0.29) is 11.6 Å². The fraction of sp³-hybridized carbons (Fsp3) is 0.409. The van der Waals surface area contributed by atoms with Crippen LogP contribution in [0.25, 0.3) is 0 Å². The molecule has 2 atom stereocenters. The first kappa shape index (κ1) is 22.2. The zero-order valence-electron chi connectivity index (χ0n) is 17.7. The standard InChI is InChI=1S/C22H28N2O5/c1-7-12(2)16-10-8-9-11-17(16)24-20(25)15(5)29-22(27)19-13(3)18(14(4)23-19)21(26)28-6/h8-12,15,23H,7H2,1-6H3,(H,24,25). The summed E-state index contributed by atoms with van der Waals surface area (Å²) in [6.45, 7) is 8.96. The van der Waals surface area contributed by atoms with Gasteiger partial charge in [0.05, 0.1) is 12.7 Å². The van der Waals surface area contributed by atoms with E-state index in [1.165, 1.54) is 14.0 Å². The van der Waals surface area contributed by atoms with Gasteiger partial charge in [-0.3, -0.25) is 4.79 Å². The highest BCUT2D eigenvalue weighted by Crippen LogP contribution is 2.27. The monoisotopic (exact) mass is 400 g/mol. The molecular weight excluding hydrogens is 372 g/mol. The maximum atomic E-state index is 12.6. The second-order valence-corrected chi connectivity index (χ2v) is 7.05. The molecule has 0 aliphatic heterocycles. The Bertz CT molecular complexity index is 916. The summed E-state index contributed by atoms with van der Waals surface area (Å²) in [6, 6.07) is 7.57. The molecule has 0 fully saturated rings. The number of ether oxygens (including phenoxy) is 2. The van der Waals surface area contributed by atoms with Crippen LogP contribution in [-0.4, -0.2) is 36.0 Å². The maximum Gasteiger partial charge on any atom is 0.355 e. The first-order valence-corrected chi connectivity index (χ1v) is 9.59. The molecule has 0 saturated heterocycles. The molecule has 1 aromatic heterocycles. The number of aryl methyl sites for hydroxylation is 1. The number of H-pyrrole nitrogens is 1. The smallest absolute Gasteiger partial charge is 0.355 e. The third-order valence-corrected chi connectivity index (χ3v) is 5.05. The third-order valence-electron chi connectivity index (χ3n) is 5.05. The van der Waals surface area contributed by atoms with Crippen LogP contribution < -0.4 is 5.32 Å². The van der Waals surface area contributed by atoms with Crippen molar-refractivity contribution in [1.29, 1.82) is 0 Å². The van der Waals surface area contributed by atoms with Crippen molar-refractivity contribution in [3.8, 4) is 0 Å². The lowest BCUT2D eigenvalue weighted by atomic mass is 9.97. The summed E-state index contributed by atoms with van der Waals surface area (Å²) < 4.78 is 10.1. The van der Waals surface area contributed by atoms with Crippen LogP contribution in [0, 0.1) is 13.8 Å². The number of anilines is 1. The van der Waals surface area contributed by atoms with Gasteiger partial charge in [-0.15, -0.1) is 0 Å². The molecule has 0 saturated carbocycles. The summed E-state index contributed by atoms with van der Waals surface area (Å²) in [6.07, 6.45) is -0.0807. The van der Waals surface area contributed by atoms with Gasteiger partial charge in [0.1, 0.15) is 5.69 Å². The summed E-state index contributed by atoms with van der Waals surface area (Å²) in [5, 5.41) is 2.84. The lowest BCUT2D eigenvalue weighted by Gasteiger charge is -2.18. The SMILES string of the molecule is CCC(C)c1ccccc1NC(=O)C(C)OC(=O)c1[nH]c(C)c(C(=O)OC)c1C. The van der Waals surface area contributed by atoms with E-state index in [9.17, 15) is 14.4 Å². The minimum atomic E-state index is -1.02. The fourth-order valence-corrected chi connectivity index (χ4v) is 3.13. The summed E-state index contributed by atoms with van der Waals surface area (Å²) in [4.78, 5) is 39.9. The highest BCUT2D eigenvalue weighted by atomic mass is 16.5. The summed E-state index contributed by atoms with van der Waals surface area (Å²) in [7, 11) is 1.27. The minimum Gasteiger partial charge on any atom is -0.465 e. The Balaban J connectivity index is 2.13. The van der Waals surface area contributed by atoms with Crippen LogP contribution in [0.4, 0.5) is 5.69 Å². The van der Waals surface area contributed by atoms with E-state index in [1.54, 1.807) is 13.8 Å². The van der Waals surface area contributed by atoms with Gasteiger partial charge in [-0.05, 0) is 50.3 Å². The maximum absolute atomic E-state index is 12.6. The van der Waals surface area contributed by atoms with Gasteiger partial charge >= 0.3 is 11.9 Å². The van der Waals surface area contributed by atoms with Crippen LogP contribution in [0.5, 0.6) is 0 Å².